The van der Waals surface area contributed by atoms with Crippen LogP contribution in [-0.2, 0) is 13.0 Å². The molecule has 0 fully saturated rings. The van der Waals surface area contributed by atoms with Crippen molar-refractivity contribution in [1.29, 1.82) is 0 Å². The van der Waals surface area contributed by atoms with Crippen LogP contribution in [-0.4, -0.2) is 19.8 Å². The third kappa shape index (κ3) is 2.31. The molecule has 3 aromatic rings. The van der Waals surface area contributed by atoms with Crippen molar-refractivity contribution in [3.8, 4) is 5.75 Å². The second kappa shape index (κ2) is 4.97. The average molecular weight is 274 g/mol. The third-order valence-corrected chi connectivity index (χ3v) is 3.73. The molecule has 19 heavy (non-hydrogen) atoms. The summed E-state index contributed by atoms with van der Waals surface area (Å²) in [6, 6.07) is 7.96. The lowest BCUT2D eigenvalue weighted by molar-refractivity contribution is 0.302. The van der Waals surface area contributed by atoms with Crippen molar-refractivity contribution in [2.45, 2.75) is 26.9 Å². The maximum Gasteiger partial charge on any atom is 0.234 e. The second-order valence-electron chi connectivity index (χ2n) is 4.21. The number of hydrogen-bond acceptors (Lipinski definition) is 5. The number of para-hydroxylation sites is 1. The van der Waals surface area contributed by atoms with E-state index in [1.54, 1.807) is 4.52 Å². The molecule has 0 radical (unpaired) electrons. The molecular formula is C13H14N4OS. The van der Waals surface area contributed by atoms with E-state index >= 15 is 0 Å². The van der Waals surface area contributed by atoms with Gasteiger partial charge in [0, 0.05) is 6.42 Å². The molecule has 3 rings (SSSR count). The van der Waals surface area contributed by atoms with E-state index in [0.29, 0.717) is 6.61 Å². The molecule has 98 valence electrons. The monoisotopic (exact) mass is 274 g/mol. The fourth-order valence-electron chi connectivity index (χ4n) is 1.83. The van der Waals surface area contributed by atoms with E-state index in [0.717, 1.165) is 33.5 Å². The van der Waals surface area contributed by atoms with E-state index in [1.807, 2.05) is 38.1 Å². The van der Waals surface area contributed by atoms with Crippen LogP contribution in [0.1, 0.15) is 23.3 Å². The molecule has 6 heteroatoms. The predicted molar refractivity (Wildman–Crippen MR) is 73.5 cm³/mol. The standard InChI is InChI=1S/C13H14N4OS/c1-3-11-14-15-13-17(11)16-12(19-13)8-18-10-7-5-4-6-9(10)2/h4-7H,3,8H2,1-2H3. The highest BCUT2D eigenvalue weighted by Crippen LogP contribution is 2.20. The van der Waals surface area contributed by atoms with E-state index in [4.69, 9.17) is 4.74 Å². The van der Waals surface area contributed by atoms with Gasteiger partial charge >= 0.3 is 0 Å². The Morgan fingerprint density at radius 1 is 1.26 bits per heavy atom. The van der Waals surface area contributed by atoms with Gasteiger partial charge in [-0.2, -0.15) is 9.61 Å². The lowest BCUT2D eigenvalue weighted by Crippen LogP contribution is -1.99. The Hall–Kier alpha value is -1.95. The summed E-state index contributed by atoms with van der Waals surface area (Å²) in [5.74, 6) is 1.78. The van der Waals surface area contributed by atoms with E-state index in [2.05, 4.69) is 15.3 Å². The SMILES string of the molecule is CCc1nnc2sc(COc3ccccc3C)nn12. The number of aryl methyl sites for hydroxylation is 2. The zero-order valence-corrected chi connectivity index (χ0v) is 11.6. The summed E-state index contributed by atoms with van der Waals surface area (Å²) in [5, 5.41) is 13.5. The third-order valence-electron chi connectivity index (χ3n) is 2.86. The molecule has 0 unspecified atom stereocenters. The van der Waals surface area contributed by atoms with Crippen molar-refractivity contribution >= 4 is 16.3 Å². The largest absolute Gasteiger partial charge is 0.486 e. The minimum absolute atomic E-state index is 0.460. The number of fused-ring (bicyclic) bond motifs is 1. The molecule has 1 aromatic carbocycles. The number of aromatic nitrogens is 4. The Bertz CT molecular complexity index is 704. The summed E-state index contributed by atoms with van der Waals surface area (Å²) in [4.78, 5) is 0.820. The van der Waals surface area contributed by atoms with Gasteiger partial charge in [0.1, 0.15) is 12.4 Å². The minimum atomic E-state index is 0.460. The highest BCUT2D eigenvalue weighted by atomic mass is 32.1. The van der Waals surface area contributed by atoms with Crippen LogP contribution in [0, 0.1) is 6.92 Å². The van der Waals surface area contributed by atoms with Crippen molar-refractivity contribution in [3.63, 3.8) is 0 Å². The van der Waals surface area contributed by atoms with E-state index in [-0.39, 0.29) is 0 Å². The van der Waals surface area contributed by atoms with Crippen LogP contribution in [0.3, 0.4) is 0 Å². The first-order valence-corrected chi connectivity index (χ1v) is 6.98. The summed E-state index contributed by atoms with van der Waals surface area (Å²) < 4.78 is 7.57. The number of hydrogen-bond donors (Lipinski definition) is 0. The van der Waals surface area contributed by atoms with Gasteiger partial charge in [0.15, 0.2) is 10.8 Å². The Kier molecular flexibility index (Phi) is 3.16. The molecule has 0 N–H and O–H groups in total. The topological polar surface area (TPSA) is 52.3 Å². The van der Waals surface area contributed by atoms with Gasteiger partial charge in [-0.3, -0.25) is 0 Å². The van der Waals surface area contributed by atoms with Crippen molar-refractivity contribution in [2.24, 2.45) is 0 Å². The quantitative estimate of drug-likeness (QED) is 0.734. The van der Waals surface area contributed by atoms with Gasteiger partial charge in [-0.05, 0) is 18.6 Å². The van der Waals surface area contributed by atoms with Crippen LogP contribution in [0.15, 0.2) is 24.3 Å². The second-order valence-corrected chi connectivity index (χ2v) is 5.25. The Morgan fingerprint density at radius 3 is 2.89 bits per heavy atom. The summed E-state index contributed by atoms with van der Waals surface area (Å²) in [5.41, 5.74) is 1.12. The molecule has 0 aliphatic carbocycles. The van der Waals surface area contributed by atoms with Gasteiger partial charge in [-0.1, -0.05) is 36.5 Å². The molecule has 0 aliphatic rings. The molecule has 0 saturated heterocycles. The van der Waals surface area contributed by atoms with Gasteiger partial charge in [0.05, 0.1) is 0 Å². The maximum absolute atomic E-state index is 5.78. The maximum atomic E-state index is 5.78. The van der Waals surface area contributed by atoms with Gasteiger partial charge < -0.3 is 4.74 Å². The van der Waals surface area contributed by atoms with Crippen molar-refractivity contribution in [3.05, 3.63) is 40.7 Å². The van der Waals surface area contributed by atoms with Crippen molar-refractivity contribution in [1.82, 2.24) is 19.8 Å². The van der Waals surface area contributed by atoms with Gasteiger partial charge in [-0.25, -0.2) is 0 Å². The first-order valence-electron chi connectivity index (χ1n) is 6.16. The van der Waals surface area contributed by atoms with Gasteiger partial charge in [0.25, 0.3) is 0 Å². The number of benzene rings is 1. The zero-order valence-electron chi connectivity index (χ0n) is 10.8. The number of ether oxygens (including phenoxy) is 1. The molecule has 0 saturated carbocycles. The highest BCUT2D eigenvalue weighted by molar-refractivity contribution is 7.16. The smallest absolute Gasteiger partial charge is 0.234 e. The van der Waals surface area contributed by atoms with E-state index in [1.165, 1.54) is 11.3 Å². The fraction of sp³-hybridized carbons (Fsp3) is 0.308. The van der Waals surface area contributed by atoms with Crippen LogP contribution >= 0.6 is 11.3 Å². The Labute approximate surface area is 114 Å². The molecular weight excluding hydrogens is 260 g/mol. The summed E-state index contributed by atoms with van der Waals surface area (Å²) >= 11 is 1.51. The van der Waals surface area contributed by atoms with Crippen LogP contribution in [0.2, 0.25) is 0 Å². The number of rotatable bonds is 4. The Balaban J connectivity index is 1.78. The van der Waals surface area contributed by atoms with Gasteiger partial charge in [0.2, 0.25) is 4.96 Å². The predicted octanol–water partition coefficient (Wildman–Crippen LogP) is 2.64. The molecule has 0 spiro atoms. The minimum Gasteiger partial charge on any atom is -0.486 e. The normalized spacial score (nSPS) is 11.1. The zero-order chi connectivity index (χ0) is 13.2. The molecule has 2 heterocycles. The van der Waals surface area contributed by atoms with Crippen LogP contribution in [0.5, 0.6) is 5.75 Å². The molecule has 0 amide bonds. The lowest BCUT2D eigenvalue weighted by atomic mass is 10.2. The van der Waals surface area contributed by atoms with Crippen molar-refractivity contribution < 1.29 is 4.74 Å². The summed E-state index contributed by atoms with van der Waals surface area (Å²) in [6.45, 7) is 4.53. The van der Waals surface area contributed by atoms with E-state index < -0.39 is 0 Å². The fourth-order valence-corrected chi connectivity index (χ4v) is 2.60. The first kappa shape index (κ1) is 12.1. The summed E-state index contributed by atoms with van der Waals surface area (Å²) in [6.07, 6.45) is 0.822. The highest BCUT2D eigenvalue weighted by Gasteiger charge is 2.10. The molecule has 5 nitrogen and oxygen atoms in total. The van der Waals surface area contributed by atoms with Crippen LogP contribution in [0.25, 0.3) is 4.96 Å². The van der Waals surface area contributed by atoms with Crippen LogP contribution < -0.4 is 4.74 Å². The van der Waals surface area contributed by atoms with Crippen LogP contribution in [0.4, 0.5) is 0 Å². The molecule has 0 atom stereocenters. The molecule has 2 aromatic heterocycles. The number of nitrogens with zero attached hydrogens (tertiary/aromatic N) is 4. The molecule has 0 aliphatic heterocycles. The Morgan fingerprint density at radius 2 is 2.11 bits per heavy atom. The van der Waals surface area contributed by atoms with Gasteiger partial charge in [-0.15, -0.1) is 10.2 Å². The first-order chi connectivity index (χ1) is 9.28. The molecule has 0 bridgehead atoms. The lowest BCUT2D eigenvalue weighted by Gasteiger charge is -2.06. The van der Waals surface area contributed by atoms with E-state index in [9.17, 15) is 0 Å². The summed E-state index contributed by atoms with van der Waals surface area (Å²) in [7, 11) is 0. The van der Waals surface area contributed by atoms with Crippen molar-refractivity contribution in [2.75, 3.05) is 0 Å². The average Bonchev–Trinajstić information content (AvgIpc) is 2.97.